The van der Waals surface area contributed by atoms with Crippen molar-refractivity contribution >= 4 is 33.3 Å². The number of rotatable bonds is 4. The van der Waals surface area contributed by atoms with Gasteiger partial charge in [-0.3, -0.25) is 4.79 Å². The Bertz CT molecular complexity index is 760. The fraction of sp³-hybridized carbons (Fsp3) is 0.625. The Labute approximate surface area is 158 Å². The van der Waals surface area contributed by atoms with E-state index in [0.29, 0.717) is 57.6 Å². The number of hydrogen-bond acceptors (Lipinski definition) is 6. The maximum Gasteiger partial charge on any atom is 0.253 e. The van der Waals surface area contributed by atoms with Gasteiger partial charge in [0.2, 0.25) is 10.0 Å². The lowest BCUT2D eigenvalue weighted by Crippen LogP contribution is -2.49. The Morgan fingerprint density at radius 3 is 2.54 bits per heavy atom. The highest BCUT2D eigenvalue weighted by Crippen LogP contribution is 2.23. The molecular formula is C16H23ClN4O4S. The monoisotopic (exact) mass is 402 g/mol. The molecule has 3 rings (SSSR count). The van der Waals surface area contributed by atoms with E-state index in [1.165, 1.54) is 12.3 Å². The molecule has 10 heteroatoms. The summed E-state index contributed by atoms with van der Waals surface area (Å²) < 4.78 is 32.2. The lowest BCUT2D eigenvalue weighted by molar-refractivity contribution is 0.0917. The van der Waals surface area contributed by atoms with Crippen molar-refractivity contribution in [1.29, 1.82) is 0 Å². The van der Waals surface area contributed by atoms with Crippen LogP contribution >= 0.6 is 11.6 Å². The summed E-state index contributed by atoms with van der Waals surface area (Å²) in [5.74, 6) is -0.111. The number of piperidine rings is 1. The highest BCUT2D eigenvalue weighted by Gasteiger charge is 2.35. The van der Waals surface area contributed by atoms with Crippen LogP contribution in [-0.4, -0.2) is 61.2 Å². The smallest absolute Gasteiger partial charge is 0.253 e. The molecule has 2 aliphatic heterocycles. The van der Waals surface area contributed by atoms with Crippen molar-refractivity contribution < 1.29 is 17.9 Å². The van der Waals surface area contributed by atoms with Crippen LogP contribution in [0.4, 0.5) is 5.82 Å². The van der Waals surface area contributed by atoms with Crippen molar-refractivity contribution in [2.75, 3.05) is 32.0 Å². The minimum Gasteiger partial charge on any atom is -0.382 e. The van der Waals surface area contributed by atoms with Gasteiger partial charge >= 0.3 is 0 Å². The molecule has 3 N–H and O–H groups in total. The Morgan fingerprint density at radius 2 is 1.92 bits per heavy atom. The topological polar surface area (TPSA) is 115 Å². The zero-order valence-electron chi connectivity index (χ0n) is 14.4. The number of hydrogen-bond donors (Lipinski definition) is 2. The summed E-state index contributed by atoms with van der Waals surface area (Å²) in [4.78, 5) is 16.2. The predicted molar refractivity (Wildman–Crippen MR) is 98.5 cm³/mol. The van der Waals surface area contributed by atoms with Crippen LogP contribution in [0.15, 0.2) is 12.3 Å². The van der Waals surface area contributed by atoms with Gasteiger partial charge in [0.1, 0.15) is 5.82 Å². The van der Waals surface area contributed by atoms with E-state index < -0.39 is 10.0 Å². The Hall–Kier alpha value is -1.42. The number of carbonyl (C=O) groups excluding carboxylic acids is 1. The predicted octanol–water partition coefficient (Wildman–Crippen LogP) is 1.02. The summed E-state index contributed by atoms with van der Waals surface area (Å²) in [6, 6.07) is 1.39. The van der Waals surface area contributed by atoms with Crippen LogP contribution in [0.3, 0.4) is 0 Å². The first-order chi connectivity index (χ1) is 12.4. The zero-order valence-corrected chi connectivity index (χ0v) is 15.9. The first-order valence-corrected chi connectivity index (χ1v) is 10.5. The second kappa shape index (κ2) is 8.08. The fourth-order valence-corrected chi connectivity index (χ4v) is 5.38. The number of ether oxygens (including phenoxy) is 1. The van der Waals surface area contributed by atoms with Gasteiger partial charge in [0.05, 0.1) is 15.8 Å². The number of carbonyl (C=O) groups is 1. The molecule has 144 valence electrons. The lowest BCUT2D eigenvalue weighted by Gasteiger charge is -2.35. The molecule has 0 spiro atoms. The molecule has 8 nitrogen and oxygen atoms in total. The number of sulfonamides is 1. The third kappa shape index (κ3) is 4.28. The summed E-state index contributed by atoms with van der Waals surface area (Å²) >= 11 is 5.89. The van der Waals surface area contributed by atoms with Gasteiger partial charge in [-0.15, -0.1) is 0 Å². The van der Waals surface area contributed by atoms with E-state index >= 15 is 0 Å². The van der Waals surface area contributed by atoms with Gasteiger partial charge in [-0.25, -0.2) is 17.7 Å². The van der Waals surface area contributed by atoms with Gasteiger partial charge in [0.15, 0.2) is 0 Å². The number of nitrogens with zero attached hydrogens (tertiary/aromatic N) is 2. The third-order valence-corrected chi connectivity index (χ3v) is 7.57. The van der Waals surface area contributed by atoms with E-state index in [9.17, 15) is 13.2 Å². The summed E-state index contributed by atoms with van der Waals surface area (Å²) in [5, 5.41) is 2.79. The molecular weight excluding hydrogens is 380 g/mol. The molecule has 1 amide bonds. The van der Waals surface area contributed by atoms with Gasteiger partial charge in [0, 0.05) is 38.5 Å². The molecule has 1 aromatic heterocycles. The number of nitrogens with one attached hydrogen (secondary N) is 1. The molecule has 0 unspecified atom stereocenters. The molecule has 0 atom stereocenters. The maximum atomic E-state index is 12.7. The number of amides is 1. The van der Waals surface area contributed by atoms with E-state index in [-0.39, 0.29) is 28.0 Å². The van der Waals surface area contributed by atoms with E-state index in [4.69, 9.17) is 22.1 Å². The van der Waals surface area contributed by atoms with E-state index in [2.05, 4.69) is 10.3 Å². The van der Waals surface area contributed by atoms with E-state index in [1.807, 2.05) is 0 Å². The van der Waals surface area contributed by atoms with Crippen molar-refractivity contribution in [2.24, 2.45) is 0 Å². The lowest BCUT2D eigenvalue weighted by atomic mass is 10.1. The first kappa shape index (κ1) is 19.3. The third-order valence-electron chi connectivity index (χ3n) is 4.87. The number of pyridine rings is 1. The Balaban J connectivity index is 1.54. The minimum absolute atomic E-state index is 0.0834. The molecule has 3 heterocycles. The Morgan fingerprint density at radius 1 is 1.27 bits per heavy atom. The van der Waals surface area contributed by atoms with Crippen molar-refractivity contribution in [3.8, 4) is 0 Å². The van der Waals surface area contributed by atoms with Crippen molar-refractivity contribution in [1.82, 2.24) is 14.6 Å². The average molecular weight is 403 g/mol. The van der Waals surface area contributed by atoms with Crippen molar-refractivity contribution in [3.63, 3.8) is 0 Å². The molecule has 0 aromatic carbocycles. The summed E-state index contributed by atoms with van der Waals surface area (Å²) in [5.41, 5.74) is 5.88. The number of nitrogen functional groups attached to an aromatic ring is 1. The summed E-state index contributed by atoms with van der Waals surface area (Å²) in [6.45, 7) is 1.81. The number of nitrogens with two attached hydrogens (primary N) is 1. The molecule has 0 bridgehead atoms. The fourth-order valence-electron chi connectivity index (χ4n) is 3.28. The van der Waals surface area contributed by atoms with Crippen LogP contribution in [-0.2, 0) is 14.8 Å². The van der Waals surface area contributed by atoms with Crippen LogP contribution in [0, 0.1) is 0 Å². The highest BCUT2D eigenvalue weighted by molar-refractivity contribution is 7.89. The second-order valence-corrected chi connectivity index (χ2v) is 9.21. The van der Waals surface area contributed by atoms with Crippen molar-refractivity contribution in [3.05, 3.63) is 22.8 Å². The van der Waals surface area contributed by atoms with Gasteiger partial charge in [0.25, 0.3) is 5.91 Å². The molecule has 0 saturated carbocycles. The zero-order chi connectivity index (χ0) is 18.7. The molecule has 0 aliphatic carbocycles. The largest absolute Gasteiger partial charge is 0.382 e. The van der Waals surface area contributed by atoms with Crippen LogP contribution in [0.25, 0.3) is 0 Å². The maximum absolute atomic E-state index is 12.7. The highest BCUT2D eigenvalue weighted by atomic mass is 35.5. The number of halogens is 1. The van der Waals surface area contributed by atoms with Gasteiger partial charge in [-0.2, -0.15) is 0 Å². The molecule has 0 radical (unpaired) electrons. The van der Waals surface area contributed by atoms with Crippen LogP contribution in [0.5, 0.6) is 0 Å². The van der Waals surface area contributed by atoms with Crippen LogP contribution < -0.4 is 11.1 Å². The second-order valence-electron chi connectivity index (χ2n) is 6.59. The van der Waals surface area contributed by atoms with Gasteiger partial charge in [-0.1, -0.05) is 11.6 Å². The molecule has 2 saturated heterocycles. The van der Waals surface area contributed by atoms with Crippen LogP contribution in [0.1, 0.15) is 36.0 Å². The average Bonchev–Trinajstić information content (AvgIpc) is 2.65. The van der Waals surface area contributed by atoms with Gasteiger partial charge < -0.3 is 15.8 Å². The molecule has 26 heavy (non-hydrogen) atoms. The molecule has 2 fully saturated rings. The van der Waals surface area contributed by atoms with E-state index in [0.717, 1.165) is 0 Å². The van der Waals surface area contributed by atoms with Crippen molar-refractivity contribution in [2.45, 2.75) is 37.0 Å². The quantitative estimate of drug-likeness (QED) is 0.777. The molecule has 2 aliphatic rings. The summed E-state index contributed by atoms with van der Waals surface area (Å²) in [6.07, 6.45) is 3.61. The number of anilines is 1. The Kier molecular flexibility index (Phi) is 6.01. The SMILES string of the molecule is Nc1ncc(C(=O)NC2CCN(S(=O)(=O)C3CCOCC3)CC2)cc1Cl. The number of aromatic nitrogens is 1. The first-order valence-electron chi connectivity index (χ1n) is 8.66. The van der Waals surface area contributed by atoms with Crippen LogP contribution in [0.2, 0.25) is 5.02 Å². The normalized spacial score (nSPS) is 20.8. The van der Waals surface area contributed by atoms with Gasteiger partial charge in [-0.05, 0) is 31.7 Å². The minimum atomic E-state index is -3.30. The van der Waals surface area contributed by atoms with E-state index in [1.54, 1.807) is 4.31 Å². The molecule has 1 aromatic rings. The standard InChI is InChI=1S/C16H23ClN4O4S/c17-14-9-11(10-19-15(14)18)16(22)20-12-1-5-21(6-2-12)26(23,24)13-3-7-25-8-4-13/h9-10,12-13H,1-8H2,(H2,18,19)(H,20,22). The summed E-state index contributed by atoms with van der Waals surface area (Å²) in [7, 11) is -3.30.